The van der Waals surface area contributed by atoms with Gasteiger partial charge in [0.05, 0.1) is 26.2 Å². The zero-order valence-corrected chi connectivity index (χ0v) is 17.7. The van der Waals surface area contributed by atoms with Gasteiger partial charge in [-0.3, -0.25) is 4.79 Å². The first-order chi connectivity index (χ1) is 12.8. The molecule has 9 heteroatoms. The molecule has 0 bridgehead atoms. The Labute approximate surface area is 168 Å². The van der Waals surface area contributed by atoms with E-state index in [0.29, 0.717) is 13.0 Å². The summed E-state index contributed by atoms with van der Waals surface area (Å²) in [7, 11) is -0.745. The molecule has 1 N–H and O–H groups in total. The van der Waals surface area contributed by atoms with Crippen LogP contribution in [0.2, 0.25) is 5.02 Å². The Bertz CT molecular complexity index is 931. The molecule has 0 saturated carbocycles. The molecule has 2 aromatic rings. The van der Waals surface area contributed by atoms with Gasteiger partial charge in [-0.1, -0.05) is 11.6 Å². The first kappa shape index (κ1) is 20.3. The number of aromatic nitrogens is 1. The predicted molar refractivity (Wildman–Crippen MR) is 107 cm³/mol. The number of benzene rings is 1. The van der Waals surface area contributed by atoms with E-state index in [0.717, 1.165) is 22.2 Å². The minimum Gasteiger partial charge on any atom is -0.352 e. The number of aryl methyl sites for hydroxylation is 2. The van der Waals surface area contributed by atoms with Crippen molar-refractivity contribution < 1.29 is 13.2 Å². The zero-order valence-electron chi connectivity index (χ0n) is 15.3. The summed E-state index contributed by atoms with van der Waals surface area (Å²) < 4.78 is 25.6. The molecule has 6 nitrogen and oxygen atoms in total. The molecular weight excluding hydrogens is 406 g/mol. The molecule has 3 rings (SSSR count). The normalized spacial score (nSPS) is 14.2. The van der Waals surface area contributed by atoms with Crippen molar-refractivity contribution in [2.75, 3.05) is 20.6 Å². The topological polar surface area (TPSA) is 79.4 Å². The highest BCUT2D eigenvalue weighted by molar-refractivity contribution is 7.89. The number of halogens is 1. The molecule has 0 radical (unpaired) electrons. The van der Waals surface area contributed by atoms with Crippen LogP contribution in [0.5, 0.6) is 0 Å². The van der Waals surface area contributed by atoms with Gasteiger partial charge in [-0.2, -0.15) is 0 Å². The third-order valence-electron chi connectivity index (χ3n) is 4.48. The van der Waals surface area contributed by atoms with Crippen molar-refractivity contribution in [2.24, 2.45) is 0 Å². The minimum absolute atomic E-state index is 0.0367. The van der Waals surface area contributed by atoms with E-state index in [1.165, 1.54) is 55.7 Å². The third kappa shape index (κ3) is 4.51. The van der Waals surface area contributed by atoms with Gasteiger partial charge in [0.1, 0.15) is 0 Å². The second kappa shape index (κ2) is 8.26. The predicted octanol–water partition coefficient (Wildman–Crippen LogP) is 2.90. The maximum absolute atomic E-state index is 12.5. The van der Waals surface area contributed by atoms with Crippen molar-refractivity contribution in [3.05, 3.63) is 44.4 Å². The fourth-order valence-corrected chi connectivity index (χ4v) is 5.23. The molecular formula is C18H22ClN3O3S2. The lowest BCUT2D eigenvalue weighted by Gasteiger charge is -2.13. The number of amides is 1. The smallest absolute Gasteiger partial charge is 0.252 e. The van der Waals surface area contributed by atoms with Crippen LogP contribution in [0.25, 0.3) is 0 Å². The number of nitrogens with zero attached hydrogens (tertiary/aromatic N) is 2. The van der Waals surface area contributed by atoms with E-state index >= 15 is 0 Å². The van der Waals surface area contributed by atoms with E-state index in [9.17, 15) is 13.2 Å². The van der Waals surface area contributed by atoms with Gasteiger partial charge in [0.25, 0.3) is 5.91 Å². The largest absolute Gasteiger partial charge is 0.352 e. The average molecular weight is 428 g/mol. The van der Waals surface area contributed by atoms with Crippen LogP contribution in [-0.2, 0) is 29.3 Å². The highest BCUT2D eigenvalue weighted by atomic mass is 35.5. The number of fused-ring (bicyclic) bond motifs is 1. The summed E-state index contributed by atoms with van der Waals surface area (Å²) in [6, 6.07) is 4.14. The molecule has 27 heavy (non-hydrogen) atoms. The average Bonchev–Trinajstić information content (AvgIpc) is 3.04. The molecule has 0 atom stereocenters. The second-order valence-corrected chi connectivity index (χ2v) is 10.3. The molecule has 0 spiro atoms. The fraction of sp³-hybridized carbons (Fsp3) is 0.444. The van der Waals surface area contributed by atoms with Gasteiger partial charge in [-0.15, -0.1) is 11.3 Å². The molecule has 1 heterocycles. The number of hydrogen-bond acceptors (Lipinski definition) is 5. The Balaban J connectivity index is 1.66. The van der Waals surface area contributed by atoms with E-state index in [2.05, 4.69) is 10.3 Å². The standard InChI is InChI=1S/C18H22ClN3O3S2/c1-22(2)27(24,25)12-7-8-14(19)13(11-12)18(23)20-10-9-17-21-15-5-3-4-6-16(15)26-17/h7-8,11H,3-6,9-10H2,1-2H3,(H,20,23). The molecule has 0 unspecified atom stereocenters. The van der Waals surface area contributed by atoms with Gasteiger partial charge in [-0.05, 0) is 43.9 Å². The van der Waals surface area contributed by atoms with E-state index < -0.39 is 15.9 Å². The lowest BCUT2D eigenvalue weighted by molar-refractivity contribution is 0.0954. The van der Waals surface area contributed by atoms with Gasteiger partial charge in [0, 0.05) is 31.9 Å². The maximum atomic E-state index is 12.5. The van der Waals surface area contributed by atoms with Crippen LogP contribution in [0.1, 0.15) is 38.8 Å². The summed E-state index contributed by atoms with van der Waals surface area (Å²) >= 11 is 7.83. The quantitative estimate of drug-likeness (QED) is 0.768. The van der Waals surface area contributed by atoms with Gasteiger partial charge >= 0.3 is 0 Å². The maximum Gasteiger partial charge on any atom is 0.252 e. The first-order valence-electron chi connectivity index (χ1n) is 8.77. The lowest BCUT2D eigenvalue weighted by Crippen LogP contribution is -2.27. The van der Waals surface area contributed by atoms with Crippen LogP contribution in [0.15, 0.2) is 23.1 Å². The van der Waals surface area contributed by atoms with Gasteiger partial charge in [0.2, 0.25) is 10.0 Å². The van der Waals surface area contributed by atoms with E-state index in [1.807, 2.05) is 0 Å². The van der Waals surface area contributed by atoms with Crippen LogP contribution < -0.4 is 5.32 Å². The second-order valence-electron chi connectivity index (χ2n) is 6.62. The summed E-state index contributed by atoms with van der Waals surface area (Å²) in [6.07, 6.45) is 5.20. The number of carbonyl (C=O) groups is 1. The van der Waals surface area contributed by atoms with Crippen molar-refractivity contribution >= 4 is 38.9 Å². The van der Waals surface area contributed by atoms with Crippen LogP contribution in [0.4, 0.5) is 0 Å². The molecule has 1 aliphatic carbocycles. The molecule has 0 saturated heterocycles. The zero-order chi connectivity index (χ0) is 19.6. The monoisotopic (exact) mass is 427 g/mol. The number of rotatable bonds is 6. The Hall–Kier alpha value is -1.48. The Morgan fingerprint density at radius 2 is 2.04 bits per heavy atom. The van der Waals surface area contributed by atoms with Gasteiger partial charge in [-0.25, -0.2) is 17.7 Å². The van der Waals surface area contributed by atoms with Crippen LogP contribution in [-0.4, -0.2) is 44.3 Å². The number of carbonyl (C=O) groups excluding carboxylic acids is 1. The van der Waals surface area contributed by atoms with Crippen LogP contribution in [0, 0.1) is 0 Å². The summed E-state index contributed by atoms with van der Waals surface area (Å²) in [5.74, 6) is -0.392. The molecule has 1 aliphatic rings. The molecule has 1 aromatic heterocycles. The number of sulfonamides is 1. The van der Waals surface area contributed by atoms with Crippen molar-refractivity contribution in [3.63, 3.8) is 0 Å². The fourth-order valence-electron chi connectivity index (χ4n) is 2.94. The SMILES string of the molecule is CN(C)S(=O)(=O)c1ccc(Cl)c(C(=O)NCCc2nc3c(s2)CCCC3)c1. The number of thiazole rings is 1. The molecule has 0 fully saturated rings. The van der Waals surface area contributed by atoms with Crippen LogP contribution >= 0.6 is 22.9 Å². The highest BCUT2D eigenvalue weighted by Gasteiger charge is 2.21. The first-order valence-corrected chi connectivity index (χ1v) is 11.4. The van der Waals surface area contributed by atoms with Crippen molar-refractivity contribution in [1.82, 2.24) is 14.6 Å². The van der Waals surface area contributed by atoms with Crippen LogP contribution in [0.3, 0.4) is 0 Å². The Kier molecular flexibility index (Phi) is 6.20. The summed E-state index contributed by atoms with van der Waals surface area (Å²) in [5.41, 5.74) is 1.36. The molecule has 1 aromatic carbocycles. The van der Waals surface area contributed by atoms with E-state index in [1.54, 1.807) is 11.3 Å². The summed E-state index contributed by atoms with van der Waals surface area (Å²) in [5, 5.41) is 4.05. The molecule has 0 aliphatic heterocycles. The Morgan fingerprint density at radius 1 is 1.30 bits per heavy atom. The van der Waals surface area contributed by atoms with Crippen molar-refractivity contribution in [3.8, 4) is 0 Å². The summed E-state index contributed by atoms with van der Waals surface area (Å²) in [4.78, 5) is 18.5. The van der Waals surface area contributed by atoms with Crippen molar-refractivity contribution in [2.45, 2.75) is 37.0 Å². The minimum atomic E-state index is -3.63. The van der Waals surface area contributed by atoms with Gasteiger partial charge < -0.3 is 5.32 Å². The molecule has 146 valence electrons. The number of nitrogens with one attached hydrogen (secondary N) is 1. The van der Waals surface area contributed by atoms with E-state index in [4.69, 9.17) is 11.6 Å². The Morgan fingerprint density at radius 3 is 2.74 bits per heavy atom. The van der Waals surface area contributed by atoms with Gasteiger partial charge in [0.15, 0.2) is 0 Å². The number of hydrogen-bond donors (Lipinski definition) is 1. The third-order valence-corrected chi connectivity index (χ3v) is 7.83. The van der Waals surface area contributed by atoms with Crippen molar-refractivity contribution in [1.29, 1.82) is 0 Å². The highest BCUT2D eigenvalue weighted by Crippen LogP contribution is 2.27. The van der Waals surface area contributed by atoms with E-state index in [-0.39, 0.29) is 15.5 Å². The summed E-state index contributed by atoms with van der Waals surface area (Å²) in [6.45, 7) is 0.423. The lowest BCUT2D eigenvalue weighted by atomic mass is 10.0. The molecule has 1 amide bonds.